The number of hydrogen-bond donors (Lipinski definition) is 5. The van der Waals surface area contributed by atoms with Crippen LogP contribution < -0.4 is 27.2 Å². The van der Waals surface area contributed by atoms with Gasteiger partial charge in [-0.05, 0) is 11.6 Å². The molecule has 0 saturated carbocycles. The molecule has 0 spiro atoms. The Kier molecular flexibility index (Phi) is 11.2. The zero-order chi connectivity index (χ0) is 31.3. The SMILES string of the molecule is CC[C@H]([NH3+])C(=O)NCCSCc1cnccc1SC1=C(C(=O)[O-])N2C(=O)C(NC(=O)/C(=N\O)c3nc(N)sc3Cl)[C@H]2SC1. The zero-order valence-corrected chi connectivity index (χ0v) is 26.6. The molecule has 2 aromatic rings. The minimum atomic E-state index is -1.52. The van der Waals surface area contributed by atoms with Crippen molar-refractivity contribution in [1.82, 2.24) is 25.5 Å². The molecule has 3 atom stereocenters. The van der Waals surface area contributed by atoms with Gasteiger partial charge in [-0.2, -0.15) is 11.8 Å². The number of carbonyl (C=O) groups is 4. The number of nitrogens with one attached hydrogen (secondary N) is 2. The highest BCUT2D eigenvalue weighted by Crippen LogP contribution is 2.45. The van der Waals surface area contributed by atoms with Crippen molar-refractivity contribution in [3.05, 3.63) is 44.7 Å². The molecule has 1 saturated heterocycles. The van der Waals surface area contributed by atoms with Gasteiger partial charge >= 0.3 is 0 Å². The Hall–Kier alpha value is -3.03. The molecule has 43 heavy (non-hydrogen) atoms. The molecule has 0 aromatic carbocycles. The van der Waals surface area contributed by atoms with Crippen LogP contribution >= 0.6 is 58.2 Å². The number of hydrogen-bond acceptors (Lipinski definition) is 14. The number of β-lactam (4-membered cyclic amide) rings is 1. The van der Waals surface area contributed by atoms with E-state index in [4.69, 9.17) is 17.3 Å². The van der Waals surface area contributed by atoms with Crippen LogP contribution in [0.2, 0.25) is 4.34 Å². The lowest BCUT2D eigenvalue weighted by Crippen LogP contribution is -2.71. The monoisotopic (exact) mass is 686 g/mol. The van der Waals surface area contributed by atoms with Crippen LogP contribution in [0.5, 0.6) is 0 Å². The Morgan fingerprint density at radius 3 is 2.84 bits per heavy atom. The maximum Gasteiger partial charge on any atom is 0.278 e. The zero-order valence-electron chi connectivity index (χ0n) is 22.6. The predicted molar refractivity (Wildman–Crippen MR) is 163 cm³/mol. The van der Waals surface area contributed by atoms with Crippen molar-refractivity contribution in [3.8, 4) is 0 Å². The molecule has 2 aromatic heterocycles. The summed E-state index contributed by atoms with van der Waals surface area (Å²) in [7, 11) is 0. The van der Waals surface area contributed by atoms with Gasteiger partial charge in [0.1, 0.15) is 21.4 Å². The number of fused-ring (bicyclic) bond motifs is 1. The highest BCUT2D eigenvalue weighted by molar-refractivity contribution is 8.06. The van der Waals surface area contributed by atoms with Gasteiger partial charge in [0, 0.05) is 52.4 Å². The molecule has 0 bridgehead atoms. The number of nitrogens with two attached hydrogens (primary N) is 1. The molecular weight excluding hydrogens is 660 g/mol. The normalized spacial score (nSPS) is 19.0. The number of carboxylic acids is 1. The van der Waals surface area contributed by atoms with E-state index >= 15 is 0 Å². The van der Waals surface area contributed by atoms with E-state index in [1.807, 2.05) is 6.92 Å². The second-order valence-electron chi connectivity index (χ2n) is 9.08. The van der Waals surface area contributed by atoms with Crippen LogP contribution in [0, 0.1) is 0 Å². The van der Waals surface area contributed by atoms with Crippen LogP contribution in [0.15, 0.2) is 39.1 Å². The number of nitrogens with zero attached hydrogens (tertiary/aromatic N) is 4. The lowest BCUT2D eigenvalue weighted by molar-refractivity contribution is -0.404. The van der Waals surface area contributed by atoms with E-state index in [0.717, 1.165) is 26.7 Å². The van der Waals surface area contributed by atoms with Gasteiger partial charge in [0.05, 0.1) is 11.7 Å². The van der Waals surface area contributed by atoms with E-state index < -0.39 is 34.9 Å². The summed E-state index contributed by atoms with van der Waals surface area (Å²) >= 11 is 11.0. The van der Waals surface area contributed by atoms with Gasteiger partial charge in [0.25, 0.3) is 17.7 Å². The second kappa shape index (κ2) is 14.6. The third kappa shape index (κ3) is 7.38. The Morgan fingerprint density at radius 2 is 2.19 bits per heavy atom. The average molecular weight is 687 g/mol. The van der Waals surface area contributed by atoms with Crippen molar-refractivity contribution in [2.75, 3.05) is 23.8 Å². The first-order chi connectivity index (χ1) is 20.6. The molecule has 0 radical (unpaired) electrons. The third-order valence-electron chi connectivity index (χ3n) is 6.31. The fourth-order valence-corrected chi connectivity index (χ4v) is 8.47. The number of halogens is 1. The molecule has 1 fully saturated rings. The van der Waals surface area contributed by atoms with E-state index in [1.165, 1.54) is 23.5 Å². The summed E-state index contributed by atoms with van der Waals surface area (Å²) in [5, 5.41) is 29.3. The van der Waals surface area contributed by atoms with Gasteiger partial charge in [0.15, 0.2) is 16.9 Å². The lowest BCUT2D eigenvalue weighted by atomic mass is 10.0. The van der Waals surface area contributed by atoms with Crippen molar-refractivity contribution < 1.29 is 35.2 Å². The molecule has 3 amide bonds. The first-order valence-corrected chi connectivity index (χ1v) is 16.9. The third-order valence-corrected chi connectivity index (χ3v) is 11.1. The number of anilines is 1. The number of amides is 3. The molecule has 14 nitrogen and oxygen atoms in total. The smallest absolute Gasteiger partial charge is 0.278 e. The van der Waals surface area contributed by atoms with E-state index in [9.17, 15) is 29.5 Å². The molecule has 1 unspecified atom stereocenters. The molecule has 8 N–H and O–H groups in total. The van der Waals surface area contributed by atoms with Gasteiger partial charge < -0.3 is 37.2 Å². The Balaban J connectivity index is 1.42. The number of aliphatic carboxylic acids is 1. The summed E-state index contributed by atoms with van der Waals surface area (Å²) in [4.78, 5) is 60.4. The van der Waals surface area contributed by atoms with Gasteiger partial charge in [-0.15, -0.1) is 11.8 Å². The minimum absolute atomic E-state index is 0.0256. The van der Waals surface area contributed by atoms with Crippen LogP contribution in [-0.2, 0) is 24.9 Å². The second-order valence-corrected chi connectivity index (χ2v) is 14.1. The van der Waals surface area contributed by atoms with Crippen LogP contribution in [0.3, 0.4) is 0 Å². The minimum Gasteiger partial charge on any atom is -0.543 e. The van der Waals surface area contributed by atoms with Crippen molar-refractivity contribution in [2.45, 2.75) is 41.5 Å². The fraction of sp³-hybridized carbons (Fsp3) is 0.375. The molecule has 2 aliphatic rings. The summed E-state index contributed by atoms with van der Waals surface area (Å²) in [5.41, 5.74) is 9.32. The Labute approximate surface area is 267 Å². The van der Waals surface area contributed by atoms with E-state index in [1.54, 1.807) is 30.2 Å². The van der Waals surface area contributed by atoms with Gasteiger partial charge in [0.2, 0.25) is 0 Å². The average Bonchev–Trinajstić information content (AvgIpc) is 3.32. The first kappa shape index (κ1) is 32.9. The summed E-state index contributed by atoms with van der Waals surface area (Å²) in [5.74, 6) is -1.75. The number of rotatable bonds is 13. The van der Waals surface area contributed by atoms with Crippen LogP contribution in [-0.4, -0.2) is 85.0 Å². The van der Waals surface area contributed by atoms with Crippen LogP contribution in [0.1, 0.15) is 24.6 Å². The first-order valence-electron chi connectivity index (χ1n) is 12.7. The van der Waals surface area contributed by atoms with Crippen molar-refractivity contribution in [3.63, 3.8) is 0 Å². The number of carbonyl (C=O) groups excluding carboxylic acids is 4. The van der Waals surface area contributed by atoms with Crippen molar-refractivity contribution in [1.29, 1.82) is 0 Å². The van der Waals surface area contributed by atoms with Gasteiger partial charge in [-0.3, -0.25) is 24.3 Å². The molecule has 2 aliphatic heterocycles. The molecule has 0 aliphatic carbocycles. The quantitative estimate of drug-likeness (QED) is 0.0589. The van der Waals surface area contributed by atoms with Gasteiger partial charge in [-0.1, -0.05) is 46.8 Å². The Bertz CT molecular complexity index is 1490. The van der Waals surface area contributed by atoms with E-state index in [-0.39, 0.29) is 38.6 Å². The van der Waals surface area contributed by atoms with E-state index in [2.05, 4.69) is 31.5 Å². The molecular formula is C24H27ClN8O6S4. The number of carboxylic acid groups (broad SMARTS) is 1. The number of nitrogen functional groups attached to an aromatic ring is 1. The molecule has 19 heteroatoms. The summed E-state index contributed by atoms with van der Waals surface area (Å²) in [6.45, 7) is 2.39. The number of oxime groups is 1. The number of thiazole rings is 1. The highest BCUT2D eigenvalue weighted by Gasteiger charge is 2.53. The highest BCUT2D eigenvalue weighted by atomic mass is 35.5. The molecule has 4 heterocycles. The van der Waals surface area contributed by atoms with Crippen LogP contribution in [0.4, 0.5) is 5.13 Å². The van der Waals surface area contributed by atoms with Crippen molar-refractivity contribution >= 4 is 92.8 Å². The number of pyridine rings is 1. The van der Waals surface area contributed by atoms with Crippen molar-refractivity contribution in [2.24, 2.45) is 5.16 Å². The maximum absolute atomic E-state index is 13.1. The molecule has 230 valence electrons. The largest absolute Gasteiger partial charge is 0.543 e. The number of aromatic nitrogens is 2. The maximum atomic E-state index is 13.1. The summed E-state index contributed by atoms with van der Waals surface area (Å²) in [6.07, 6.45) is 3.95. The number of thioether (sulfide) groups is 3. The van der Waals surface area contributed by atoms with E-state index in [0.29, 0.717) is 29.4 Å². The number of quaternary nitrogens is 1. The molecule has 4 rings (SSSR count). The van der Waals surface area contributed by atoms with Crippen LogP contribution in [0.25, 0.3) is 0 Å². The fourth-order valence-electron chi connectivity index (χ4n) is 4.05. The summed E-state index contributed by atoms with van der Waals surface area (Å²) in [6, 6.07) is 0.389. The predicted octanol–water partition coefficient (Wildman–Crippen LogP) is -0.524. The van der Waals surface area contributed by atoms with Gasteiger partial charge in [-0.25, -0.2) is 4.98 Å². The standard InChI is InChI=1S/C24H27ClN8O6S4/c1-2-11(26)19(34)29-5-6-40-8-10-7-28-4-3-12(10)42-13-9-41-22-16(21(36)33(22)17(13)23(37)38)30-20(35)15(32-39)14-18(25)43-24(27)31-14/h3-4,7,11,16,22,39H,2,5-6,8-9,26H2,1H3,(H2,27,31)(H,29,34)(H,30,35)(H,37,38)/b32-15-/t11-,16?,22+/m0/s1. The topological polar surface area (TPSA) is 231 Å². The lowest BCUT2D eigenvalue weighted by Gasteiger charge is -2.50. The summed E-state index contributed by atoms with van der Waals surface area (Å²) < 4.78 is 0.0256. The Morgan fingerprint density at radius 1 is 1.42 bits per heavy atom.